The molecule has 0 radical (unpaired) electrons. The average molecular weight is 371 g/mol. The standard InChI is InChI=1S/C19H15ClN2O4/c20-13-9-12(10-16-19(13)26-8-7-25-16)5-6-18(24)22-11-17(23)21-14-3-1-2-4-15(14)22/h1-6,9-10H,7-8,11H2,(H,21,23)/b6-5+. The average Bonchev–Trinajstić information content (AvgIpc) is 2.65. The largest absolute Gasteiger partial charge is 0.486 e. The molecule has 2 aromatic carbocycles. The van der Waals surface area contributed by atoms with E-state index in [1.807, 2.05) is 6.07 Å². The molecule has 0 unspecified atom stereocenters. The van der Waals surface area contributed by atoms with Gasteiger partial charge in [-0.25, -0.2) is 0 Å². The van der Waals surface area contributed by atoms with Crippen molar-refractivity contribution in [2.75, 3.05) is 30.0 Å². The molecule has 2 aliphatic rings. The molecule has 7 heteroatoms. The molecule has 132 valence electrons. The number of halogens is 1. The number of carbonyl (C=O) groups excluding carboxylic acids is 2. The lowest BCUT2D eigenvalue weighted by Gasteiger charge is -2.28. The lowest BCUT2D eigenvalue weighted by molar-refractivity contribution is -0.119. The number of hydrogen-bond donors (Lipinski definition) is 1. The third-order valence-electron chi connectivity index (χ3n) is 4.07. The van der Waals surface area contributed by atoms with Gasteiger partial charge in [0.1, 0.15) is 19.8 Å². The second kappa shape index (κ2) is 6.72. The summed E-state index contributed by atoms with van der Waals surface area (Å²) < 4.78 is 11.0. The molecule has 0 saturated carbocycles. The summed E-state index contributed by atoms with van der Waals surface area (Å²) in [6, 6.07) is 10.6. The second-order valence-corrected chi connectivity index (χ2v) is 6.26. The van der Waals surface area contributed by atoms with E-state index in [2.05, 4.69) is 5.32 Å². The highest BCUT2D eigenvalue weighted by Crippen LogP contribution is 2.38. The number of nitrogens with one attached hydrogen (secondary N) is 1. The molecule has 2 aliphatic heterocycles. The Bertz CT molecular complexity index is 926. The number of anilines is 2. The molecular formula is C19H15ClN2O4. The van der Waals surface area contributed by atoms with Gasteiger partial charge in [0.2, 0.25) is 5.91 Å². The van der Waals surface area contributed by atoms with Gasteiger partial charge >= 0.3 is 0 Å². The molecule has 0 aliphatic carbocycles. The first-order valence-electron chi connectivity index (χ1n) is 8.09. The Morgan fingerprint density at radius 2 is 2.00 bits per heavy atom. The Kier molecular flexibility index (Phi) is 4.26. The summed E-state index contributed by atoms with van der Waals surface area (Å²) in [4.78, 5) is 25.9. The van der Waals surface area contributed by atoms with Crippen molar-refractivity contribution in [3.05, 3.63) is 53.1 Å². The van der Waals surface area contributed by atoms with Crippen molar-refractivity contribution in [2.45, 2.75) is 0 Å². The smallest absolute Gasteiger partial charge is 0.251 e. The van der Waals surface area contributed by atoms with Crippen molar-refractivity contribution >= 4 is 40.9 Å². The molecule has 4 rings (SSSR count). The maximum Gasteiger partial charge on any atom is 0.251 e. The fraction of sp³-hybridized carbons (Fsp3) is 0.158. The number of rotatable bonds is 2. The van der Waals surface area contributed by atoms with Gasteiger partial charge in [-0.05, 0) is 35.9 Å². The quantitative estimate of drug-likeness (QED) is 0.825. The predicted octanol–water partition coefficient (Wildman–Crippen LogP) is 3.11. The summed E-state index contributed by atoms with van der Waals surface area (Å²) >= 11 is 6.21. The van der Waals surface area contributed by atoms with Gasteiger partial charge in [-0.2, -0.15) is 0 Å². The molecule has 0 bridgehead atoms. The molecule has 0 atom stereocenters. The van der Waals surface area contributed by atoms with Crippen LogP contribution in [0.25, 0.3) is 6.08 Å². The van der Waals surface area contributed by atoms with Gasteiger partial charge in [0.25, 0.3) is 5.91 Å². The minimum atomic E-state index is -0.293. The third-order valence-corrected chi connectivity index (χ3v) is 4.35. The van der Waals surface area contributed by atoms with E-state index >= 15 is 0 Å². The molecule has 0 aromatic heterocycles. The van der Waals surface area contributed by atoms with Crippen LogP contribution in [0, 0.1) is 0 Å². The van der Waals surface area contributed by atoms with Crippen molar-refractivity contribution in [1.82, 2.24) is 0 Å². The van der Waals surface area contributed by atoms with E-state index in [0.29, 0.717) is 46.7 Å². The van der Waals surface area contributed by atoms with E-state index in [9.17, 15) is 9.59 Å². The maximum atomic E-state index is 12.6. The maximum absolute atomic E-state index is 12.6. The fourth-order valence-electron chi connectivity index (χ4n) is 2.91. The normalized spacial score (nSPS) is 15.6. The number of nitrogens with zero attached hydrogens (tertiary/aromatic N) is 1. The molecule has 0 spiro atoms. The number of ether oxygens (including phenoxy) is 2. The van der Waals surface area contributed by atoms with Crippen LogP contribution < -0.4 is 19.7 Å². The van der Waals surface area contributed by atoms with Gasteiger partial charge in [-0.15, -0.1) is 0 Å². The fourth-order valence-corrected chi connectivity index (χ4v) is 3.19. The van der Waals surface area contributed by atoms with Gasteiger partial charge in [0.05, 0.1) is 16.4 Å². The van der Waals surface area contributed by atoms with Crippen LogP contribution in [0.15, 0.2) is 42.5 Å². The predicted molar refractivity (Wildman–Crippen MR) is 98.9 cm³/mol. The molecule has 0 fully saturated rings. The number of carbonyl (C=O) groups is 2. The summed E-state index contributed by atoms with van der Waals surface area (Å²) in [5.41, 5.74) is 2.00. The molecular weight excluding hydrogens is 356 g/mol. The van der Waals surface area contributed by atoms with Crippen molar-refractivity contribution in [3.63, 3.8) is 0 Å². The lowest BCUT2D eigenvalue weighted by Crippen LogP contribution is -2.41. The first-order valence-corrected chi connectivity index (χ1v) is 8.47. The first kappa shape index (κ1) is 16.5. The summed E-state index contributed by atoms with van der Waals surface area (Å²) in [6.07, 6.45) is 3.05. The van der Waals surface area contributed by atoms with Crippen LogP contribution in [0.5, 0.6) is 11.5 Å². The molecule has 2 heterocycles. The zero-order valence-electron chi connectivity index (χ0n) is 13.7. The van der Waals surface area contributed by atoms with E-state index in [4.69, 9.17) is 21.1 Å². The van der Waals surface area contributed by atoms with Crippen LogP contribution in [-0.4, -0.2) is 31.6 Å². The minimum absolute atomic E-state index is 0.0257. The van der Waals surface area contributed by atoms with Crippen LogP contribution in [0.2, 0.25) is 5.02 Å². The lowest BCUT2D eigenvalue weighted by atomic mass is 10.1. The molecule has 6 nitrogen and oxygen atoms in total. The molecule has 0 saturated heterocycles. The number of para-hydroxylation sites is 2. The summed E-state index contributed by atoms with van der Waals surface area (Å²) in [7, 11) is 0. The topological polar surface area (TPSA) is 67.9 Å². The summed E-state index contributed by atoms with van der Waals surface area (Å²) in [6.45, 7) is 0.883. The highest BCUT2D eigenvalue weighted by molar-refractivity contribution is 6.32. The Balaban J connectivity index is 1.59. The first-order chi connectivity index (χ1) is 12.6. The SMILES string of the molecule is O=C1CN(C(=O)/C=C/c2cc(Cl)c3c(c2)OCCO3)c2ccccc2N1. The second-order valence-electron chi connectivity index (χ2n) is 5.85. The Labute approximate surface area is 155 Å². The van der Waals surface area contributed by atoms with Gasteiger partial charge in [0, 0.05) is 6.08 Å². The van der Waals surface area contributed by atoms with Gasteiger partial charge in [-0.3, -0.25) is 14.5 Å². The number of amides is 2. The third kappa shape index (κ3) is 3.11. The van der Waals surface area contributed by atoms with Crippen LogP contribution in [-0.2, 0) is 9.59 Å². The number of benzene rings is 2. The van der Waals surface area contributed by atoms with Crippen LogP contribution >= 0.6 is 11.6 Å². The summed E-state index contributed by atoms with van der Waals surface area (Å²) in [5.74, 6) is 0.549. The van der Waals surface area contributed by atoms with Gasteiger partial charge < -0.3 is 14.8 Å². The highest BCUT2D eigenvalue weighted by atomic mass is 35.5. The minimum Gasteiger partial charge on any atom is -0.486 e. The zero-order valence-corrected chi connectivity index (χ0v) is 14.5. The van der Waals surface area contributed by atoms with E-state index in [-0.39, 0.29) is 18.4 Å². The van der Waals surface area contributed by atoms with E-state index in [1.54, 1.807) is 36.4 Å². The van der Waals surface area contributed by atoms with Crippen molar-refractivity contribution in [1.29, 1.82) is 0 Å². The Hall–Kier alpha value is -2.99. The summed E-state index contributed by atoms with van der Waals surface area (Å²) in [5, 5.41) is 3.18. The van der Waals surface area contributed by atoms with Crippen molar-refractivity contribution in [3.8, 4) is 11.5 Å². The van der Waals surface area contributed by atoms with E-state index in [0.717, 1.165) is 0 Å². The van der Waals surface area contributed by atoms with Gasteiger partial charge in [-0.1, -0.05) is 23.7 Å². The van der Waals surface area contributed by atoms with E-state index < -0.39 is 0 Å². The van der Waals surface area contributed by atoms with Crippen molar-refractivity contribution < 1.29 is 19.1 Å². The molecule has 1 N–H and O–H groups in total. The zero-order chi connectivity index (χ0) is 18.1. The van der Waals surface area contributed by atoms with Crippen molar-refractivity contribution in [2.24, 2.45) is 0 Å². The monoisotopic (exact) mass is 370 g/mol. The molecule has 26 heavy (non-hydrogen) atoms. The number of hydrogen-bond acceptors (Lipinski definition) is 4. The van der Waals surface area contributed by atoms with Crippen LogP contribution in [0.4, 0.5) is 11.4 Å². The number of fused-ring (bicyclic) bond motifs is 2. The van der Waals surface area contributed by atoms with Crippen LogP contribution in [0.1, 0.15) is 5.56 Å². The van der Waals surface area contributed by atoms with E-state index in [1.165, 1.54) is 11.0 Å². The van der Waals surface area contributed by atoms with Crippen LogP contribution in [0.3, 0.4) is 0 Å². The molecule has 2 amide bonds. The Morgan fingerprint density at radius 3 is 2.88 bits per heavy atom. The molecule has 2 aromatic rings. The Morgan fingerprint density at radius 1 is 1.19 bits per heavy atom. The van der Waals surface area contributed by atoms with Gasteiger partial charge in [0.15, 0.2) is 11.5 Å². The highest BCUT2D eigenvalue weighted by Gasteiger charge is 2.25.